The van der Waals surface area contributed by atoms with Crippen molar-refractivity contribution < 1.29 is 4.79 Å². The van der Waals surface area contributed by atoms with E-state index in [-0.39, 0.29) is 11.8 Å². The molecule has 7 nitrogen and oxygen atoms in total. The zero-order valence-electron chi connectivity index (χ0n) is 16.9. The zero-order chi connectivity index (χ0) is 20.6. The summed E-state index contributed by atoms with van der Waals surface area (Å²) in [5.41, 5.74) is 2.23. The molecule has 1 N–H and O–H groups in total. The van der Waals surface area contributed by atoms with Crippen LogP contribution in [0.3, 0.4) is 0 Å². The Bertz CT molecular complexity index is 950. The van der Waals surface area contributed by atoms with Gasteiger partial charge < -0.3 is 4.90 Å². The van der Waals surface area contributed by atoms with Gasteiger partial charge in [-0.2, -0.15) is 0 Å². The van der Waals surface area contributed by atoms with Gasteiger partial charge in [0.25, 0.3) is 0 Å². The lowest BCUT2D eigenvalue weighted by Gasteiger charge is -2.32. The molecular weight excluding hydrogens is 376 g/mol. The Morgan fingerprint density at radius 3 is 2.63 bits per heavy atom. The van der Waals surface area contributed by atoms with Gasteiger partial charge in [-0.05, 0) is 43.4 Å². The molecule has 1 fully saturated rings. The number of aromatic nitrogens is 4. The predicted octanol–water partition coefficient (Wildman–Crippen LogP) is 3.74. The van der Waals surface area contributed by atoms with Crippen LogP contribution in [0.25, 0.3) is 0 Å². The molecule has 1 atom stereocenters. The minimum absolute atomic E-state index is 0.220. The molecule has 1 aromatic carbocycles. The maximum Gasteiger partial charge on any atom is 0.229 e. The van der Waals surface area contributed by atoms with E-state index in [9.17, 15) is 4.79 Å². The molecule has 1 aliphatic heterocycles. The maximum atomic E-state index is 12.7. The van der Waals surface area contributed by atoms with Gasteiger partial charge in [-0.3, -0.25) is 10.1 Å². The molecule has 1 aliphatic rings. The smallest absolute Gasteiger partial charge is 0.229 e. The standard InChI is InChI=1S/C23H26N6O/c30-21(11-4-9-18-7-2-1-3-8-18)29-16-5-10-19(17-29)20-12-15-26-23(27-20)28-22-24-13-6-14-25-22/h1-3,6-8,12-15,19H,4-5,9-11,16-17H2,(H,24,25,26,27,28)/t19-/m0/s1. The van der Waals surface area contributed by atoms with Crippen LogP contribution in [0.1, 0.15) is 42.9 Å². The summed E-state index contributed by atoms with van der Waals surface area (Å²) < 4.78 is 0. The van der Waals surface area contributed by atoms with E-state index in [1.165, 1.54) is 5.56 Å². The Morgan fingerprint density at radius 1 is 1.00 bits per heavy atom. The SMILES string of the molecule is O=C(CCCc1ccccc1)N1CCC[C@H](c2ccnc(Nc3ncccn3)n2)C1. The van der Waals surface area contributed by atoms with Gasteiger partial charge in [0.1, 0.15) is 0 Å². The Labute approximate surface area is 176 Å². The van der Waals surface area contributed by atoms with Gasteiger partial charge in [0.2, 0.25) is 17.8 Å². The predicted molar refractivity (Wildman–Crippen MR) is 115 cm³/mol. The number of carbonyl (C=O) groups is 1. The first-order valence-corrected chi connectivity index (χ1v) is 10.5. The quantitative estimate of drug-likeness (QED) is 0.648. The number of rotatable bonds is 7. The summed E-state index contributed by atoms with van der Waals surface area (Å²) >= 11 is 0. The van der Waals surface area contributed by atoms with Gasteiger partial charge in [-0.15, -0.1) is 0 Å². The lowest BCUT2D eigenvalue weighted by molar-refractivity contribution is -0.132. The molecule has 3 heterocycles. The summed E-state index contributed by atoms with van der Waals surface area (Å²) in [5.74, 6) is 1.40. The molecule has 0 bridgehead atoms. The molecule has 1 amide bonds. The molecule has 0 aliphatic carbocycles. The summed E-state index contributed by atoms with van der Waals surface area (Å²) in [6.45, 7) is 1.54. The largest absolute Gasteiger partial charge is 0.342 e. The van der Waals surface area contributed by atoms with Crippen molar-refractivity contribution in [2.75, 3.05) is 18.4 Å². The number of nitrogens with zero attached hydrogens (tertiary/aromatic N) is 5. The summed E-state index contributed by atoms with van der Waals surface area (Å²) in [5, 5.41) is 3.04. The number of benzene rings is 1. The van der Waals surface area contributed by atoms with Gasteiger partial charge in [0.15, 0.2) is 0 Å². The fourth-order valence-electron chi connectivity index (χ4n) is 3.82. The van der Waals surface area contributed by atoms with Crippen molar-refractivity contribution in [3.8, 4) is 0 Å². The number of aryl methyl sites for hydroxylation is 1. The van der Waals surface area contributed by atoms with Gasteiger partial charge in [0, 0.05) is 44.0 Å². The van der Waals surface area contributed by atoms with Crippen LogP contribution in [-0.4, -0.2) is 43.8 Å². The molecular formula is C23H26N6O. The number of carbonyl (C=O) groups excluding carboxylic acids is 1. The van der Waals surface area contributed by atoms with Crippen molar-refractivity contribution in [3.05, 3.63) is 72.3 Å². The highest BCUT2D eigenvalue weighted by atomic mass is 16.2. The number of likely N-dealkylation sites (tertiary alicyclic amines) is 1. The summed E-state index contributed by atoms with van der Waals surface area (Å²) in [4.78, 5) is 31.9. The van der Waals surface area contributed by atoms with Crippen molar-refractivity contribution in [1.29, 1.82) is 0 Å². The molecule has 1 saturated heterocycles. The second-order valence-electron chi connectivity index (χ2n) is 7.52. The monoisotopic (exact) mass is 402 g/mol. The topological polar surface area (TPSA) is 83.9 Å². The highest BCUT2D eigenvalue weighted by Crippen LogP contribution is 2.26. The van der Waals surface area contributed by atoms with Crippen LogP contribution in [0.5, 0.6) is 0 Å². The van der Waals surface area contributed by atoms with Gasteiger partial charge >= 0.3 is 0 Å². The lowest BCUT2D eigenvalue weighted by Crippen LogP contribution is -2.39. The third-order valence-corrected chi connectivity index (χ3v) is 5.36. The van der Waals surface area contributed by atoms with Crippen LogP contribution in [-0.2, 0) is 11.2 Å². The molecule has 2 aromatic heterocycles. The average molecular weight is 403 g/mol. The minimum atomic E-state index is 0.220. The highest BCUT2D eigenvalue weighted by molar-refractivity contribution is 5.76. The Kier molecular flexibility index (Phi) is 6.59. The first-order chi connectivity index (χ1) is 14.8. The summed E-state index contributed by atoms with van der Waals surface area (Å²) in [6.07, 6.45) is 9.49. The van der Waals surface area contributed by atoms with E-state index in [2.05, 4.69) is 37.4 Å². The number of nitrogens with one attached hydrogen (secondary N) is 1. The van der Waals surface area contributed by atoms with Crippen LogP contribution in [0, 0.1) is 0 Å². The second kappa shape index (κ2) is 9.91. The van der Waals surface area contributed by atoms with E-state index in [4.69, 9.17) is 0 Å². The van der Waals surface area contributed by atoms with Crippen molar-refractivity contribution in [2.45, 2.75) is 38.0 Å². The average Bonchev–Trinajstić information content (AvgIpc) is 2.81. The third-order valence-electron chi connectivity index (χ3n) is 5.36. The number of hydrogen-bond acceptors (Lipinski definition) is 6. The fourth-order valence-corrected chi connectivity index (χ4v) is 3.82. The van der Waals surface area contributed by atoms with E-state index >= 15 is 0 Å². The first kappa shape index (κ1) is 19.9. The molecule has 0 spiro atoms. The van der Waals surface area contributed by atoms with Gasteiger partial charge in [-0.25, -0.2) is 19.9 Å². The van der Waals surface area contributed by atoms with Crippen LogP contribution in [0.15, 0.2) is 61.1 Å². The molecule has 0 radical (unpaired) electrons. The zero-order valence-corrected chi connectivity index (χ0v) is 16.9. The number of piperidine rings is 1. The number of anilines is 2. The lowest BCUT2D eigenvalue weighted by atomic mass is 9.94. The van der Waals surface area contributed by atoms with Crippen LogP contribution >= 0.6 is 0 Å². The van der Waals surface area contributed by atoms with Crippen molar-refractivity contribution in [2.24, 2.45) is 0 Å². The molecule has 30 heavy (non-hydrogen) atoms. The van der Waals surface area contributed by atoms with Gasteiger partial charge in [-0.1, -0.05) is 30.3 Å². The van der Waals surface area contributed by atoms with E-state index < -0.39 is 0 Å². The van der Waals surface area contributed by atoms with Crippen molar-refractivity contribution in [1.82, 2.24) is 24.8 Å². The maximum absolute atomic E-state index is 12.7. The summed E-state index contributed by atoms with van der Waals surface area (Å²) in [7, 11) is 0. The number of hydrogen-bond donors (Lipinski definition) is 1. The Balaban J connectivity index is 1.33. The van der Waals surface area contributed by atoms with Crippen LogP contribution in [0.4, 0.5) is 11.9 Å². The Morgan fingerprint density at radius 2 is 1.80 bits per heavy atom. The van der Waals surface area contributed by atoms with E-state index in [0.29, 0.717) is 24.9 Å². The van der Waals surface area contributed by atoms with E-state index in [1.54, 1.807) is 24.7 Å². The molecule has 4 rings (SSSR count). The normalized spacial score (nSPS) is 16.3. The fraction of sp³-hybridized carbons (Fsp3) is 0.348. The third kappa shape index (κ3) is 5.37. The van der Waals surface area contributed by atoms with Crippen LogP contribution in [0.2, 0.25) is 0 Å². The number of amides is 1. The molecule has 154 valence electrons. The van der Waals surface area contributed by atoms with E-state index in [1.807, 2.05) is 29.2 Å². The summed E-state index contributed by atoms with van der Waals surface area (Å²) in [6, 6.07) is 14.0. The van der Waals surface area contributed by atoms with Crippen LogP contribution < -0.4 is 5.32 Å². The van der Waals surface area contributed by atoms with Crippen molar-refractivity contribution in [3.63, 3.8) is 0 Å². The molecule has 3 aromatic rings. The van der Waals surface area contributed by atoms with Gasteiger partial charge in [0.05, 0.1) is 5.69 Å². The first-order valence-electron chi connectivity index (χ1n) is 10.5. The minimum Gasteiger partial charge on any atom is -0.342 e. The van der Waals surface area contributed by atoms with E-state index in [0.717, 1.165) is 37.9 Å². The molecule has 0 unspecified atom stereocenters. The van der Waals surface area contributed by atoms with Crippen molar-refractivity contribution >= 4 is 17.8 Å². The highest BCUT2D eigenvalue weighted by Gasteiger charge is 2.25. The molecule has 7 heteroatoms. The Hall–Kier alpha value is -3.35. The molecule has 0 saturated carbocycles. The second-order valence-corrected chi connectivity index (χ2v) is 7.52.